The van der Waals surface area contributed by atoms with Crippen LogP contribution in [0.5, 0.6) is 0 Å². The molecular formula is C15H22N2O3S. The van der Waals surface area contributed by atoms with Crippen LogP contribution in [0.4, 0.5) is 0 Å². The van der Waals surface area contributed by atoms with Gasteiger partial charge in [0, 0.05) is 12.2 Å². The van der Waals surface area contributed by atoms with Crippen molar-refractivity contribution in [3.8, 4) is 0 Å². The van der Waals surface area contributed by atoms with E-state index in [9.17, 15) is 4.79 Å². The van der Waals surface area contributed by atoms with Crippen molar-refractivity contribution in [2.75, 3.05) is 6.61 Å². The van der Waals surface area contributed by atoms with Gasteiger partial charge in [-0.25, -0.2) is 4.79 Å². The highest BCUT2D eigenvalue weighted by atomic mass is 32.2. The summed E-state index contributed by atoms with van der Waals surface area (Å²) < 4.78 is 5.16. The van der Waals surface area contributed by atoms with Gasteiger partial charge in [0.2, 0.25) is 0 Å². The van der Waals surface area contributed by atoms with Crippen molar-refractivity contribution in [1.82, 2.24) is 0 Å². The predicted molar refractivity (Wildman–Crippen MR) is 87.6 cm³/mol. The number of ether oxygens (including phenoxy) is 1. The van der Waals surface area contributed by atoms with Crippen LogP contribution < -0.4 is 0 Å². The van der Waals surface area contributed by atoms with Gasteiger partial charge >= 0.3 is 5.97 Å². The molecule has 0 radical (unpaired) electrons. The average molecular weight is 310 g/mol. The van der Waals surface area contributed by atoms with E-state index in [1.54, 1.807) is 38.1 Å². The van der Waals surface area contributed by atoms with E-state index in [0.717, 1.165) is 11.8 Å². The summed E-state index contributed by atoms with van der Waals surface area (Å²) in [5.74, 6) is -1.03. The zero-order valence-corrected chi connectivity index (χ0v) is 13.6. The standard InChI is InChI=1S/C13H16N2O3S.C2H6/c1-3-18-11(13(16)17)9-4-6-10(7-5-9)12(15)19-8(2)14;1-2/h4-7,11,14-15H,3H2,1-2H3,(H,16,17);1-2H3. The normalized spacial score (nSPS) is 11.0. The Labute approximate surface area is 129 Å². The van der Waals surface area contributed by atoms with Gasteiger partial charge in [-0.05, 0) is 19.4 Å². The van der Waals surface area contributed by atoms with Crippen LogP contribution in [0.25, 0.3) is 0 Å². The highest BCUT2D eigenvalue weighted by molar-refractivity contribution is 8.26. The number of aliphatic carboxylic acids is 1. The van der Waals surface area contributed by atoms with Gasteiger partial charge in [0.05, 0.1) is 5.04 Å². The topological polar surface area (TPSA) is 94.2 Å². The van der Waals surface area contributed by atoms with Crippen molar-refractivity contribution in [1.29, 1.82) is 10.8 Å². The molecule has 1 atom stereocenters. The van der Waals surface area contributed by atoms with Gasteiger partial charge in [-0.15, -0.1) is 0 Å². The molecular weight excluding hydrogens is 288 g/mol. The molecule has 0 aliphatic rings. The summed E-state index contributed by atoms with van der Waals surface area (Å²) in [5.41, 5.74) is 1.20. The molecule has 1 aromatic carbocycles. The molecule has 1 aromatic rings. The molecule has 1 rings (SSSR count). The van der Waals surface area contributed by atoms with Crippen LogP contribution in [0.15, 0.2) is 24.3 Å². The Morgan fingerprint density at radius 2 is 1.81 bits per heavy atom. The molecule has 1 unspecified atom stereocenters. The molecule has 0 saturated heterocycles. The van der Waals surface area contributed by atoms with Gasteiger partial charge in [-0.1, -0.05) is 49.9 Å². The minimum atomic E-state index is -1.03. The molecule has 0 aliphatic heterocycles. The molecule has 0 heterocycles. The summed E-state index contributed by atoms with van der Waals surface area (Å²) in [6.45, 7) is 7.67. The number of carbonyl (C=O) groups is 1. The molecule has 0 saturated carbocycles. The zero-order chi connectivity index (χ0) is 16.4. The lowest BCUT2D eigenvalue weighted by Crippen LogP contribution is -2.15. The van der Waals surface area contributed by atoms with Crippen molar-refractivity contribution in [3.05, 3.63) is 35.4 Å². The molecule has 6 heteroatoms. The van der Waals surface area contributed by atoms with Crippen molar-refractivity contribution >= 4 is 27.8 Å². The summed E-state index contributed by atoms with van der Waals surface area (Å²) in [7, 11) is 0. The Morgan fingerprint density at radius 1 is 1.29 bits per heavy atom. The summed E-state index contributed by atoms with van der Waals surface area (Å²) >= 11 is 1.06. The number of hydrogen-bond acceptors (Lipinski definition) is 5. The molecule has 116 valence electrons. The Bertz CT molecular complexity index is 486. The third-order valence-corrected chi connectivity index (χ3v) is 3.03. The lowest BCUT2D eigenvalue weighted by atomic mass is 10.1. The SMILES string of the molecule is CC.CCOC(C(=O)O)c1ccc(C(=N)SC(C)=N)cc1. The lowest BCUT2D eigenvalue weighted by Gasteiger charge is -2.13. The summed E-state index contributed by atoms with van der Waals surface area (Å²) in [6.07, 6.45) is -0.981. The van der Waals surface area contributed by atoms with Crippen LogP contribution >= 0.6 is 11.8 Å². The van der Waals surface area contributed by atoms with Crippen molar-refractivity contribution in [3.63, 3.8) is 0 Å². The number of thioether (sulfide) groups is 1. The molecule has 0 spiro atoms. The van der Waals surface area contributed by atoms with E-state index in [-0.39, 0.29) is 5.04 Å². The smallest absolute Gasteiger partial charge is 0.337 e. The second-order valence-electron chi connectivity index (χ2n) is 3.78. The third kappa shape index (κ3) is 6.55. The van der Waals surface area contributed by atoms with Crippen molar-refractivity contribution in [2.24, 2.45) is 0 Å². The largest absolute Gasteiger partial charge is 0.479 e. The van der Waals surface area contributed by atoms with Crippen LogP contribution in [0.2, 0.25) is 0 Å². The first-order valence-electron chi connectivity index (χ1n) is 6.72. The number of hydrogen-bond donors (Lipinski definition) is 3. The van der Waals surface area contributed by atoms with Crippen LogP contribution in [0, 0.1) is 10.8 Å². The molecule has 0 amide bonds. The first-order chi connectivity index (χ1) is 9.95. The molecule has 5 nitrogen and oxygen atoms in total. The average Bonchev–Trinajstić information content (AvgIpc) is 2.46. The number of benzene rings is 1. The Balaban J connectivity index is 0.00000191. The van der Waals surface area contributed by atoms with Crippen LogP contribution in [-0.4, -0.2) is 27.8 Å². The highest BCUT2D eigenvalue weighted by Crippen LogP contribution is 2.20. The van der Waals surface area contributed by atoms with Crippen molar-refractivity contribution in [2.45, 2.75) is 33.8 Å². The number of rotatable bonds is 5. The number of carboxylic acids is 1. The van der Waals surface area contributed by atoms with E-state index in [1.807, 2.05) is 13.8 Å². The molecule has 0 aromatic heterocycles. The molecule has 3 N–H and O–H groups in total. The van der Waals surface area contributed by atoms with Crippen LogP contribution in [-0.2, 0) is 9.53 Å². The van der Waals surface area contributed by atoms with Gasteiger partial charge in [0.25, 0.3) is 0 Å². The van der Waals surface area contributed by atoms with E-state index in [4.69, 9.17) is 20.7 Å². The highest BCUT2D eigenvalue weighted by Gasteiger charge is 2.19. The maximum absolute atomic E-state index is 11.1. The fraction of sp³-hybridized carbons (Fsp3) is 0.400. The van der Waals surface area contributed by atoms with E-state index in [0.29, 0.717) is 22.8 Å². The second-order valence-corrected chi connectivity index (χ2v) is 5.01. The van der Waals surface area contributed by atoms with Gasteiger partial charge in [-0.2, -0.15) is 0 Å². The molecule has 0 bridgehead atoms. The summed E-state index contributed by atoms with van der Waals surface area (Å²) in [5, 5.41) is 24.8. The van der Waals surface area contributed by atoms with E-state index < -0.39 is 12.1 Å². The minimum Gasteiger partial charge on any atom is -0.479 e. The molecule has 21 heavy (non-hydrogen) atoms. The van der Waals surface area contributed by atoms with Gasteiger partial charge in [-0.3, -0.25) is 10.8 Å². The first kappa shape index (κ1) is 19.3. The van der Waals surface area contributed by atoms with Gasteiger partial charge < -0.3 is 9.84 Å². The fourth-order valence-electron chi connectivity index (χ4n) is 1.50. The maximum atomic E-state index is 11.1. The second kappa shape index (κ2) is 10.1. The van der Waals surface area contributed by atoms with Gasteiger partial charge in [0.1, 0.15) is 5.04 Å². The van der Waals surface area contributed by atoms with Crippen LogP contribution in [0.1, 0.15) is 44.9 Å². The monoisotopic (exact) mass is 310 g/mol. The maximum Gasteiger partial charge on any atom is 0.337 e. The van der Waals surface area contributed by atoms with E-state index in [1.165, 1.54) is 0 Å². The van der Waals surface area contributed by atoms with Gasteiger partial charge in [0.15, 0.2) is 6.10 Å². The quantitative estimate of drug-likeness (QED) is 0.567. The Hall–Kier alpha value is -1.66. The summed E-state index contributed by atoms with van der Waals surface area (Å²) in [4.78, 5) is 11.1. The van der Waals surface area contributed by atoms with E-state index >= 15 is 0 Å². The number of carboxylic acid groups (broad SMARTS) is 1. The van der Waals surface area contributed by atoms with Crippen molar-refractivity contribution < 1.29 is 14.6 Å². The first-order valence-corrected chi connectivity index (χ1v) is 7.53. The summed E-state index contributed by atoms with van der Waals surface area (Å²) in [6, 6.07) is 6.61. The lowest BCUT2D eigenvalue weighted by molar-refractivity contribution is -0.150. The third-order valence-electron chi connectivity index (χ3n) is 2.29. The Morgan fingerprint density at radius 3 is 2.19 bits per heavy atom. The van der Waals surface area contributed by atoms with E-state index in [2.05, 4.69) is 0 Å². The number of nitrogens with one attached hydrogen (secondary N) is 2. The Kier molecular flexibility index (Phi) is 9.32. The molecule has 0 aliphatic carbocycles. The minimum absolute atomic E-state index is 0.266. The fourth-order valence-corrected chi connectivity index (χ4v) is 2.06. The molecule has 0 fully saturated rings. The van der Waals surface area contributed by atoms with Crippen LogP contribution in [0.3, 0.4) is 0 Å². The predicted octanol–water partition coefficient (Wildman–Crippen LogP) is 3.93. The zero-order valence-electron chi connectivity index (χ0n) is 12.8.